The zero-order valence-electron chi connectivity index (χ0n) is 9.00. The van der Waals surface area contributed by atoms with E-state index in [1.54, 1.807) is 0 Å². The predicted octanol–water partition coefficient (Wildman–Crippen LogP) is 2.05. The van der Waals surface area contributed by atoms with Gasteiger partial charge in [-0.05, 0) is 48.8 Å². The van der Waals surface area contributed by atoms with Crippen molar-refractivity contribution >= 4 is 5.69 Å². The van der Waals surface area contributed by atoms with Gasteiger partial charge in [0.2, 0.25) is 0 Å². The SMILES string of the molecule is Nc1cccc2c1C(CNC1CC1)CC2. The minimum absolute atomic E-state index is 0.654. The molecule has 1 atom stereocenters. The van der Waals surface area contributed by atoms with Gasteiger partial charge in [0.15, 0.2) is 0 Å². The summed E-state index contributed by atoms with van der Waals surface area (Å²) in [6.07, 6.45) is 5.20. The highest BCUT2D eigenvalue weighted by molar-refractivity contribution is 5.55. The minimum atomic E-state index is 0.654. The fourth-order valence-corrected chi connectivity index (χ4v) is 2.62. The lowest BCUT2D eigenvalue weighted by atomic mass is 9.99. The van der Waals surface area contributed by atoms with Crippen molar-refractivity contribution in [3.8, 4) is 0 Å². The van der Waals surface area contributed by atoms with E-state index >= 15 is 0 Å². The van der Waals surface area contributed by atoms with Crippen LogP contribution < -0.4 is 11.1 Å². The first-order valence-electron chi connectivity index (χ1n) is 5.95. The molecule has 2 heteroatoms. The topological polar surface area (TPSA) is 38.0 Å². The molecular formula is C13H18N2. The van der Waals surface area contributed by atoms with E-state index in [2.05, 4.69) is 17.4 Å². The van der Waals surface area contributed by atoms with E-state index in [0.717, 1.165) is 18.3 Å². The molecule has 1 unspecified atom stereocenters. The molecule has 2 aliphatic rings. The van der Waals surface area contributed by atoms with Gasteiger partial charge in [0, 0.05) is 18.3 Å². The van der Waals surface area contributed by atoms with E-state index < -0.39 is 0 Å². The Bertz CT molecular complexity index is 369. The molecule has 2 aliphatic carbocycles. The number of nitrogens with two attached hydrogens (primary N) is 1. The summed E-state index contributed by atoms with van der Waals surface area (Å²) in [4.78, 5) is 0. The van der Waals surface area contributed by atoms with Gasteiger partial charge in [-0.2, -0.15) is 0 Å². The van der Waals surface area contributed by atoms with Gasteiger partial charge in [-0.15, -0.1) is 0 Å². The molecule has 3 rings (SSSR count). The number of anilines is 1. The van der Waals surface area contributed by atoms with Crippen LogP contribution in [0, 0.1) is 0 Å². The van der Waals surface area contributed by atoms with Crippen molar-refractivity contribution < 1.29 is 0 Å². The predicted molar refractivity (Wildman–Crippen MR) is 62.9 cm³/mol. The van der Waals surface area contributed by atoms with E-state index in [9.17, 15) is 0 Å². The number of fused-ring (bicyclic) bond motifs is 1. The first-order chi connectivity index (χ1) is 7.34. The highest BCUT2D eigenvalue weighted by Crippen LogP contribution is 2.36. The van der Waals surface area contributed by atoms with Crippen molar-refractivity contribution in [3.05, 3.63) is 29.3 Å². The van der Waals surface area contributed by atoms with E-state index in [4.69, 9.17) is 5.73 Å². The number of nitrogens with one attached hydrogen (secondary N) is 1. The second-order valence-corrected chi connectivity index (χ2v) is 4.84. The summed E-state index contributed by atoms with van der Waals surface area (Å²) in [6, 6.07) is 7.14. The molecule has 0 bridgehead atoms. The van der Waals surface area contributed by atoms with Crippen LogP contribution in [0.3, 0.4) is 0 Å². The lowest BCUT2D eigenvalue weighted by Gasteiger charge is -2.14. The summed E-state index contributed by atoms with van der Waals surface area (Å²) in [5.41, 5.74) is 9.94. The Balaban J connectivity index is 1.77. The zero-order valence-corrected chi connectivity index (χ0v) is 9.00. The maximum atomic E-state index is 6.06. The fraction of sp³-hybridized carbons (Fsp3) is 0.538. The van der Waals surface area contributed by atoms with Gasteiger partial charge in [0.25, 0.3) is 0 Å². The molecule has 1 saturated carbocycles. The first-order valence-corrected chi connectivity index (χ1v) is 5.95. The third-order valence-electron chi connectivity index (χ3n) is 3.63. The van der Waals surface area contributed by atoms with Gasteiger partial charge in [-0.3, -0.25) is 0 Å². The minimum Gasteiger partial charge on any atom is -0.398 e. The number of hydrogen-bond donors (Lipinski definition) is 2. The second-order valence-electron chi connectivity index (χ2n) is 4.84. The molecule has 0 heterocycles. The van der Waals surface area contributed by atoms with E-state index in [0.29, 0.717) is 5.92 Å². The molecule has 0 saturated heterocycles. The molecule has 1 aromatic rings. The Morgan fingerprint density at radius 2 is 2.13 bits per heavy atom. The van der Waals surface area contributed by atoms with Crippen LogP contribution in [0.15, 0.2) is 18.2 Å². The fourth-order valence-electron chi connectivity index (χ4n) is 2.62. The Morgan fingerprint density at radius 3 is 2.93 bits per heavy atom. The van der Waals surface area contributed by atoms with Crippen molar-refractivity contribution in [2.24, 2.45) is 0 Å². The van der Waals surface area contributed by atoms with Crippen molar-refractivity contribution in [1.82, 2.24) is 5.32 Å². The van der Waals surface area contributed by atoms with Crippen LogP contribution in [-0.2, 0) is 6.42 Å². The van der Waals surface area contributed by atoms with E-state index in [-0.39, 0.29) is 0 Å². The van der Waals surface area contributed by atoms with Crippen LogP contribution in [0.5, 0.6) is 0 Å². The molecule has 80 valence electrons. The molecule has 2 nitrogen and oxygen atoms in total. The average molecular weight is 202 g/mol. The molecule has 0 radical (unpaired) electrons. The molecule has 3 N–H and O–H groups in total. The maximum Gasteiger partial charge on any atom is 0.0352 e. The van der Waals surface area contributed by atoms with Gasteiger partial charge in [0.1, 0.15) is 0 Å². The summed E-state index contributed by atoms with van der Waals surface area (Å²) >= 11 is 0. The number of hydrogen-bond acceptors (Lipinski definition) is 2. The molecule has 1 aromatic carbocycles. The van der Waals surface area contributed by atoms with E-state index in [1.807, 2.05) is 6.07 Å². The smallest absolute Gasteiger partial charge is 0.0352 e. The van der Waals surface area contributed by atoms with Gasteiger partial charge in [0.05, 0.1) is 0 Å². The zero-order chi connectivity index (χ0) is 10.3. The van der Waals surface area contributed by atoms with Crippen LogP contribution in [-0.4, -0.2) is 12.6 Å². The molecule has 0 spiro atoms. The highest BCUT2D eigenvalue weighted by Gasteiger charge is 2.27. The van der Waals surface area contributed by atoms with Crippen molar-refractivity contribution in [2.75, 3.05) is 12.3 Å². The number of aryl methyl sites for hydroxylation is 1. The van der Waals surface area contributed by atoms with Crippen molar-refractivity contribution in [1.29, 1.82) is 0 Å². The monoisotopic (exact) mass is 202 g/mol. The molecule has 0 amide bonds. The Kier molecular flexibility index (Phi) is 2.17. The lowest BCUT2D eigenvalue weighted by Crippen LogP contribution is -2.22. The molecule has 1 fully saturated rings. The van der Waals surface area contributed by atoms with Crippen molar-refractivity contribution in [3.63, 3.8) is 0 Å². The number of nitrogen functional groups attached to an aromatic ring is 1. The summed E-state index contributed by atoms with van der Waals surface area (Å²) in [5.74, 6) is 0.654. The third kappa shape index (κ3) is 1.74. The summed E-state index contributed by atoms with van der Waals surface area (Å²) in [6.45, 7) is 1.12. The average Bonchev–Trinajstić information content (AvgIpc) is 2.96. The molecule has 0 aromatic heterocycles. The largest absolute Gasteiger partial charge is 0.398 e. The Labute approximate surface area is 90.9 Å². The van der Waals surface area contributed by atoms with Crippen molar-refractivity contribution in [2.45, 2.75) is 37.6 Å². The van der Waals surface area contributed by atoms with Gasteiger partial charge in [-0.25, -0.2) is 0 Å². The number of rotatable bonds is 3. The summed E-state index contributed by atoms with van der Waals surface area (Å²) in [7, 11) is 0. The van der Waals surface area contributed by atoms with Crippen LogP contribution in [0.1, 0.15) is 36.3 Å². The second kappa shape index (κ2) is 3.53. The molecule has 15 heavy (non-hydrogen) atoms. The quantitative estimate of drug-likeness (QED) is 0.736. The van der Waals surface area contributed by atoms with E-state index in [1.165, 1.54) is 36.8 Å². The van der Waals surface area contributed by atoms with Gasteiger partial charge < -0.3 is 11.1 Å². The maximum absolute atomic E-state index is 6.06. The third-order valence-corrected chi connectivity index (χ3v) is 3.63. The van der Waals surface area contributed by atoms with Crippen LogP contribution >= 0.6 is 0 Å². The van der Waals surface area contributed by atoms with Gasteiger partial charge in [-0.1, -0.05) is 12.1 Å². The lowest BCUT2D eigenvalue weighted by molar-refractivity contribution is 0.577. The number of benzene rings is 1. The first kappa shape index (κ1) is 9.22. The standard InChI is InChI=1S/C13H18N2/c14-12-3-1-2-9-4-5-10(13(9)12)8-15-11-6-7-11/h1-3,10-11,15H,4-8,14H2. The Hall–Kier alpha value is -1.02. The van der Waals surface area contributed by atoms with Crippen LogP contribution in [0.2, 0.25) is 0 Å². The summed E-state index contributed by atoms with van der Waals surface area (Å²) < 4.78 is 0. The highest BCUT2D eigenvalue weighted by atomic mass is 14.9. The molecule has 0 aliphatic heterocycles. The van der Waals surface area contributed by atoms with Crippen LogP contribution in [0.4, 0.5) is 5.69 Å². The normalized spacial score (nSPS) is 24.1. The summed E-state index contributed by atoms with van der Waals surface area (Å²) in [5, 5.41) is 3.61. The molecular weight excluding hydrogens is 184 g/mol. The van der Waals surface area contributed by atoms with Gasteiger partial charge >= 0.3 is 0 Å². The van der Waals surface area contributed by atoms with Crippen LogP contribution in [0.25, 0.3) is 0 Å². The Morgan fingerprint density at radius 1 is 1.27 bits per heavy atom.